The lowest BCUT2D eigenvalue weighted by molar-refractivity contribution is 0.0779. The van der Waals surface area contributed by atoms with Crippen molar-refractivity contribution in [2.45, 2.75) is 6.54 Å². The Morgan fingerprint density at radius 2 is 1.73 bits per heavy atom. The summed E-state index contributed by atoms with van der Waals surface area (Å²) in [6.45, 7) is 0.460. The van der Waals surface area contributed by atoms with Gasteiger partial charge < -0.3 is 10.2 Å². The molecule has 0 spiro atoms. The van der Waals surface area contributed by atoms with E-state index in [1.807, 2.05) is 30.3 Å². The maximum absolute atomic E-state index is 13.3. The molecule has 1 amide bonds. The van der Waals surface area contributed by atoms with E-state index in [2.05, 4.69) is 10.3 Å². The number of anilines is 2. The summed E-state index contributed by atoms with van der Waals surface area (Å²) in [5, 5.41) is 2.94. The van der Waals surface area contributed by atoms with Crippen LogP contribution >= 0.6 is 0 Å². The van der Waals surface area contributed by atoms with E-state index >= 15 is 0 Å². The van der Waals surface area contributed by atoms with Gasteiger partial charge in [-0.15, -0.1) is 0 Å². The number of carbonyl (C=O) groups excluding carboxylic acids is 1. The third-order valence-corrected chi connectivity index (χ3v) is 3.80. The second-order valence-electron chi connectivity index (χ2n) is 5.83. The van der Waals surface area contributed by atoms with Crippen molar-refractivity contribution < 1.29 is 13.6 Å². The Balaban J connectivity index is 1.73. The summed E-state index contributed by atoms with van der Waals surface area (Å²) in [6, 6.07) is 16.4. The highest BCUT2D eigenvalue weighted by Crippen LogP contribution is 2.19. The van der Waals surface area contributed by atoms with E-state index in [0.717, 1.165) is 17.7 Å². The van der Waals surface area contributed by atoms with Gasteiger partial charge in [0.2, 0.25) is 0 Å². The first kappa shape index (κ1) is 17.5. The van der Waals surface area contributed by atoms with Crippen molar-refractivity contribution in [2.24, 2.45) is 0 Å². The van der Waals surface area contributed by atoms with Gasteiger partial charge in [0.25, 0.3) is 5.91 Å². The molecular formula is C20H17F2N3O. The average molecular weight is 353 g/mol. The van der Waals surface area contributed by atoms with Crippen LogP contribution in [0.3, 0.4) is 0 Å². The zero-order valence-corrected chi connectivity index (χ0v) is 14.1. The van der Waals surface area contributed by atoms with E-state index in [1.165, 1.54) is 12.3 Å². The van der Waals surface area contributed by atoms with Crippen LogP contribution < -0.4 is 5.32 Å². The molecule has 1 heterocycles. The maximum atomic E-state index is 13.3. The molecule has 3 aromatic rings. The van der Waals surface area contributed by atoms with Gasteiger partial charge in [0, 0.05) is 37.2 Å². The quantitative estimate of drug-likeness (QED) is 0.741. The monoisotopic (exact) mass is 353 g/mol. The normalized spacial score (nSPS) is 10.4. The lowest BCUT2D eigenvalue weighted by Crippen LogP contribution is -2.27. The molecule has 0 saturated heterocycles. The molecule has 0 aliphatic carbocycles. The molecule has 2 aromatic carbocycles. The maximum Gasteiger partial charge on any atom is 0.272 e. The van der Waals surface area contributed by atoms with Crippen LogP contribution in [0.2, 0.25) is 0 Å². The predicted octanol–water partition coefficient (Wildman–Crippen LogP) is 4.38. The molecule has 4 nitrogen and oxygen atoms in total. The molecule has 3 rings (SSSR count). The van der Waals surface area contributed by atoms with Gasteiger partial charge in [-0.25, -0.2) is 8.78 Å². The number of nitrogens with one attached hydrogen (secondary N) is 1. The van der Waals surface area contributed by atoms with Crippen molar-refractivity contribution in [2.75, 3.05) is 12.4 Å². The van der Waals surface area contributed by atoms with Gasteiger partial charge in [-0.1, -0.05) is 30.3 Å². The summed E-state index contributed by atoms with van der Waals surface area (Å²) in [5.41, 5.74) is 2.21. The van der Waals surface area contributed by atoms with Crippen LogP contribution in [0.1, 0.15) is 16.1 Å². The number of pyridine rings is 1. The Morgan fingerprint density at radius 1 is 1.00 bits per heavy atom. The van der Waals surface area contributed by atoms with Gasteiger partial charge in [-0.05, 0) is 29.8 Å². The lowest BCUT2D eigenvalue weighted by atomic mass is 10.2. The highest BCUT2D eigenvalue weighted by molar-refractivity contribution is 5.93. The molecule has 0 aliphatic rings. The van der Waals surface area contributed by atoms with Crippen LogP contribution in [0.5, 0.6) is 0 Å². The molecule has 0 saturated carbocycles. The van der Waals surface area contributed by atoms with Crippen LogP contribution in [0.15, 0.2) is 66.9 Å². The SMILES string of the molecule is CN(Cc1ccccc1)C(=O)c1cc(Nc2ccc(F)c(F)c2)ccn1. The number of nitrogens with zero attached hydrogens (tertiary/aromatic N) is 2. The van der Waals surface area contributed by atoms with Crippen LogP contribution in [0, 0.1) is 11.6 Å². The minimum absolute atomic E-state index is 0.234. The highest BCUT2D eigenvalue weighted by atomic mass is 19.2. The standard InChI is InChI=1S/C20H17F2N3O/c1-25(13-14-5-3-2-4-6-14)20(26)19-12-16(9-10-23-19)24-15-7-8-17(21)18(22)11-15/h2-12H,13H2,1H3,(H,23,24). The highest BCUT2D eigenvalue weighted by Gasteiger charge is 2.14. The fraction of sp³-hybridized carbons (Fsp3) is 0.100. The Bertz CT molecular complexity index is 916. The second kappa shape index (κ2) is 7.74. The van der Waals surface area contributed by atoms with Crippen molar-refractivity contribution in [3.63, 3.8) is 0 Å². The number of halogens is 2. The van der Waals surface area contributed by atoms with Crippen molar-refractivity contribution in [3.05, 3.63) is 89.8 Å². The number of carbonyl (C=O) groups is 1. The second-order valence-corrected chi connectivity index (χ2v) is 5.83. The first-order valence-corrected chi connectivity index (χ1v) is 8.00. The molecule has 0 unspecified atom stereocenters. The first-order chi connectivity index (χ1) is 12.5. The van der Waals surface area contributed by atoms with E-state index < -0.39 is 11.6 Å². The molecule has 0 radical (unpaired) electrons. The molecule has 0 aliphatic heterocycles. The summed E-state index contributed by atoms with van der Waals surface area (Å²) in [4.78, 5) is 18.3. The molecule has 1 N–H and O–H groups in total. The van der Waals surface area contributed by atoms with Gasteiger partial charge in [-0.2, -0.15) is 0 Å². The van der Waals surface area contributed by atoms with Gasteiger partial charge in [0.15, 0.2) is 11.6 Å². The van der Waals surface area contributed by atoms with Gasteiger partial charge in [-0.3, -0.25) is 9.78 Å². The average Bonchev–Trinajstić information content (AvgIpc) is 2.65. The van der Waals surface area contributed by atoms with Gasteiger partial charge in [0.05, 0.1) is 0 Å². The third kappa shape index (κ3) is 4.22. The van der Waals surface area contributed by atoms with E-state index in [-0.39, 0.29) is 11.6 Å². The van der Waals surface area contributed by atoms with Crippen LogP contribution in [-0.2, 0) is 6.54 Å². The molecule has 0 atom stereocenters. The van der Waals surface area contributed by atoms with E-state index in [4.69, 9.17) is 0 Å². The van der Waals surface area contributed by atoms with Crippen LogP contribution in [-0.4, -0.2) is 22.8 Å². The first-order valence-electron chi connectivity index (χ1n) is 8.00. The number of rotatable bonds is 5. The zero-order valence-electron chi connectivity index (χ0n) is 14.1. The number of benzene rings is 2. The summed E-state index contributed by atoms with van der Waals surface area (Å²) >= 11 is 0. The fourth-order valence-electron chi connectivity index (χ4n) is 2.49. The number of hydrogen-bond acceptors (Lipinski definition) is 3. The molecular weight excluding hydrogens is 336 g/mol. The van der Waals surface area contributed by atoms with Crippen molar-refractivity contribution in [1.29, 1.82) is 0 Å². The Morgan fingerprint density at radius 3 is 2.46 bits per heavy atom. The minimum Gasteiger partial charge on any atom is -0.355 e. The summed E-state index contributed by atoms with van der Waals surface area (Å²) < 4.78 is 26.3. The Hall–Kier alpha value is -3.28. The molecule has 0 bridgehead atoms. The number of hydrogen-bond donors (Lipinski definition) is 1. The summed E-state index contributed by atoms with van der Waals surface area (Å²) in [5.74, 6) is -2.09. The van der Waals surface area contributed by atoms with Gasteiger partial charge in [0.1, 0.15) is 5.69 Å². The molecule has 1 aromatic heterocycles. The smallest absolute Gasteiger partial charge is 0.272 e. The van der Waals surface area contributed by atoms with Gasteiger partial charge >= 0.3 is 0 Å². The molecule has 6 heteroatoms. The largest absolute Gasteiger partial charge is 0.355 e. The molecule has 132 valence electrons. The van der Waals surface area contributed by atoms with E-state index in [9.17, 15) is 13.6 Å². The summed E-state index contributed by atoms with van der Waals surface area (Å²) in [7, 11) is 1.70. The minimum atomic E-state index is -0.942. The van der Waals surface area contributed by atoms with Crippen molar-refractivity contribution >= 4 is 17.3 Å². The number of aromatic nitrogens is 1. The van der Waals surface area contributed by atoms with Crippen molar-refractivity contribution in [1.82, 2.24) is 9.88 Å². The number of amides is 1. The zero-order chi connectivity index (χ0) is 18.5. The van der Waals surface area contributed by atoms with E-state index in [0.29, 0.717) is 17.9 Å². The Labute approximate surface area is 150 Å². The lowest BCUT2D eigenvalue weighted by Gasteiger charge is -2.17. The summed E-state index contributed by atoms with van der Waals surface area (Å²) in [6.07, 6.45) is 1.49. The molecule has 0 fully saturated rings. The molecule has 26 heavy (non-hydrogen) atoms. The Kier molecular flexibility index (Phi) is 5.22. The van der Waals surface area contributed by atoms with Crippen LogP contribution in [0.25, 0.3) is 0 Å². The van der Waals surface area contributed by atoms with Crippen molar-refractivity contribution in [3.8, 4) is 0 Å². The predicted molar refractivity (Wildman–Crippen MR) is 96.1 cm³/mol. The van der Waals surface area contributed by atoms with E-state index in [1.54, 1.807) is 24.1 Å². The topological polar surface area (TPSA) is 45.2 Å². The van der Waals surface area contributed by atoms with Crippen LogP contribution in [0.4, 0.5) is 20.2 Å². The third-order valence-electron chi connectivity index (χ3n) is 3.80. The fourth-order valence-corrected chi connectivity index (χ4v) is 2.49.